The first-order valence-corrected chi connectivity index (χ1v) is 5.69. The number of hydrogen-bond acceptors (Lipinski definition) is 4. The monoisotopic (exact) mass is 229 g/mol. The van der Waals surface area contributed by atoms with Crippen LogP contribution in [0.25, 0.3) is 0 Å². The van der Waals surface area contributed by atoms with Gasteiger partial charge >= 0.3 is 5.97 Å². The van der Waals surface area contributed by atoms with Crippen LogP contribution in [0.5, 0.6) is 0 Å². The molecular weight excluding hydrogens is 206 g/mol. The number of carbonyl (C=O) groups excluding carboxylic acids is 1. The number of nitrogens with one attached hydrogen (secondary N) is 1. The van der Waals surface area contributed by atoms with Gasteiger partial charge in [0, 0.05) is 18.7 Å². The van der Waals surface area contributed by atoms with E-state index in [2.05, 4.69) is 10.1 Å². The third kappa shape index (κ3) is 5.88. The van der Waals surface area contributed by atoms with Gasteiger partial charge in [0.1, 0.15) is 0 Å². The Morgan fingerprint density at radius 2 is 2.12 bits per heavy atom. The molecule has 0 radical (unpaired) electrons. The second kappa shape index (κ2) is 8.30. The molecule has 0 aliphatic heterocycles. The summed E-state index contributed by atoms with van der Waals surface area (Å²) >= 11 is 0. The fraction of sp³-hybridized carbons (Fsp3) is 0.750. The number of carbonyl (C=O) groups is 1. The number of rotatable bonds is 7. The molecule has 2 N–H and O–H groups in total. The van der Waals surface area contributed by atoms with Crippen molar-refractivity contribution in [3.05, 3.63) is 11.6 Å². The predicted molar refractivity (Wildman–Crippen MR) is 64.1 cm³/mol. The number of esters is 1. The Hall–Kier alpha value is -0.870. The second-order valence-electron chi connectivity index (χ2n) is 4.04. The molecular formula is C12H23NO3. The highest BCUT2D eigenvalue weighted by atomic mass is 16.5. The van der Waals surface area contributed by atoms with Crippen LogP contribution >= 0.6 is 0 Å². The van der Waals surface area contributed by atoms with Crippen LogP contribution in [0.15, 0.2) is 11.6 Å². The average molecular weight is 229 g/mol. The van der Waals surface area contributed by atoms with Crippen LogP contribution in [0.3, 0.4) is 0 Å². The minimum absolute atomic E-state index is 0.239. The maximum absolute atomic E-state index is 11.2. The number of methoxy groups -OCH3 is 1. The molecule has 0 fully saturated rings. The molecule has 1 unspecified atom stereocenters. The highest BCUT2D eigenvalue weighted by Gasteiger charge is 2.08. The Bertz CT molecular complexity index is 236. The van der Waals surface area contributed by atoms with Gasteiger partial charge in [-0.15, -0.1) is 0 Å². The highest BCUT2D eigenvalue weighted by molar-refractivity contribution is 5.88. The Morgan fingerprint density at radius 3 is 2.56 bits per heavy atom. The Kier molecular flexibility index (Phi) is 7.85. The van der Waals surface area contributed by atoms with Crippen molar-refractivity contribution in [2.75, 3.05) is 20.2 Å². The Balaban J connectivity index is 3.93. The summed E-state index contributed by atoms with van der Waals surface area (Å²) in [7, 11) is 1.38. The molecule has 0 aromatic carbocycles. The summed E-state index contributed by atoms with van der Waals surface area (Å²) in [4.78, 5) is 11.2. The summed E-state index contributed by atoms with van der Waals surface area (Å²) in [5.74, 6) is -0.0450. The van der Waals surface area contributed by atoms with Crippen molar-refractivity contribution in [1.82, 2.24) is 5.32 Å². The Labute approximate surface area is 97.7 Å². The molecule has 0 aliphatic rings. The van der Waals surface area contributed by atoms with E-state index in [1.54, 1.807) is 6.08 Å². The maximum atomic E-state index is 11.2. The molecule has 0 heterocycles. The lowest BCUT2D eigenvalue weighted by Gasteiger charge is -2.14. The quantitative estimate of drug-likeness (QED) is 0.390. The molecule has 16 heavy (non-hydrogen) atoms. The normalized spacial score (nSPS) is 14.0. The Morgan fingerprint density at radius 1 is 1.50 bits per heavy atom. The van der Waals surface area contributed by atoms with E-state index in [9.17, 15) is 9.90 Å². The van der Waals surface area contributed by atoms with Crippen molar-refractivity contribution in [3.8, 4) is 0 Å². The van der Waals surface area contributed by atoms with Crippen LogP contribution in [0.4, 0.5) is 0 Å². The van der Waals surface area contributed by atoms with Gasteiger partial charge in [0.25, 0.3) is 0 Å². The molecule has 0 rings (SSSR count). The molecule has 1 atom stereocenters. The van der Waals surface area contributed by atoms with Crippen molar-refractivity contribution in [2.45, 2.75) is 33.3 Å². The van der Waals surface area contributed by atoms with E-state index in [1.807, 2.05) is 20.8 Å². The fourth-order valence-corrected chi connectivity index (χ4v) is 1.17. The summed E-state index contributed by atoms with van der Waals surface area (Å²) in [6, 6.07) is 0. The van der Waals surface area contributed by atoms with Crippen LogP contribution in [-0.4, -0.2) is 37.4 Å². The van der Waals surface area contributed by atoms with Crippen LogP contribution in [0.1, 0.15) is 27.2 Å². The smallest absolute Gasteiger partial charge is 0.333 e. The van der Waals surface area contributed by atoms with Gasteiger partial charge in [0.2, 0.25) is 0 Å². The van der Waals surface area contributed by atoms with Gasteiger partial charge in [-0.05, 0) is 12.3 Å². The first-order valence-electron chi connectivity index (χ1n) is 5.69. The second-order valence-corrected chi connectivity index (χ2v) is 4.04. The van der Waals surface area contributed by atoms with Gasteiger partial charge in [-0.25, -0.2) is 4.79 Å². The van der Waals surface area contributed by atoms with E-state index in [-0.39, 0.29) is 18.0 Å². The zero-order valence-corrected chi connectivity index (χ0v) is 10.6. The molecule has 0 saturated carbocycles. The number of aliphatic hydroxyl groups excluding tert-OH is 1. The van der Waals surface area contributed by atoms with Gasteiger partial charge in [-0.1, -0.05) is 26.8 Å². The molecule has 94 valence electrons. The number of hydrogen-bond donors (Lipinski definition) is 2. The van der Waals surface area contributed by atoms with Gasteiger partial charge in [0.05, 0.1) is 13.2 Å². The van der Waals surface area contributed by atoms with Gasteiger partial charge in [-0.2, -0.15) is 0 Å². The molecule has 4 heteroatoms. The third-order valence-electron chi connectivity index (χ3n) is 2.44. The predicted octanol–water partition coefficient (Wildman–Crippen LogP) is 1.10. The van der Waals surface area contributed by atoms with Crippen LogP contribution in [0.2, 0.25) is 0 Å². The van der Waals surface area contributed by atoms with Gasteiger partial charge < -0.3 is 15.2 Å². The van der Waals surface area contributed by atoms with E-state index in [0.717, 1.165) is 0 Å². The lowest BCUT2D eigenvalue weighted by Crippen LogP contribution is -2.30. The minimum Gasteiger partial charge on any atom is -0.466 e. The van der Waals surface area contributed by atoms with Crippen molar-refractivity contribution in [3.63, 3.8) is 0 Å². The first-order chi connectivity index (χ1) is 7.52. The summed E-state index contributed by atoms with van der Waals surface area (Å²) in [6.07, 6.45) is 2.11. The van der Waals surface area contributed by atoms with E-state index in [1.165, 1.54) is 7.11 Å². The summed E-state index contributed by atoms with van der Waals surface area (Å²) in [6.45, 7) is 6.95. The standard InChI is InChI=1S/C12H23NO3/c1-5-10(12(15)16-4)6-7-13-8-11(14)9(2)3/h6,9,11,13-14H,5,7-8H2,1-4H3. The molecule has 0 aromatic heterocycles. The third-order valence-corrected chi connectivity index (χ3v) is 2.44. The van der Waals surface area contributed by atoms with Crippen molar-refractivity contribution < 1.29 is 14.6 Å². The molecule has 0 aromatic rings. The van der Waals surface area contributed by atoms with Crippen LogP contribution in [-0.2, 0) is 9.53 Å². The van der Waals surface area contributed by atoms with Gasteiger partial charge in [-0.3, -0.25) is 0 Å². The number of ether oxygens (including phenoxy) is 1. The van der Waals surface area contributed by atoms with Crippen molar-refractivity contribution in [2.24, 2.45) is 5.92 Å². The number of aliphatic hydroxyl groups is 1. The maximum Gasteiger partial charge on any atom is 0.333 e. The molecule has 0 saturated heterocycles. The SMILES string of the molecule is CCC(=CCNCC(O)C(C)C)C(=O)OC. The van der Waals surface area contributed by atoms with Crippen LogP contribution in [0, 0.1) is 5.92 Å². The molecule has 4 nitrogen and oxygen atoms in total. The highest BCUT2D eigenvalue weighted by Crippen LogP contribution is 2.02. The lowest BCUT2D eigenvalue weighted by molar-refractivity contribution is -0.136. The van der Waals surface area contributed by atoms with Gasteiger partial charge in [0.15, 0.2) is 0 Å². The fourth-order valence-electron chi connectivity index (χ4n) is 1.17. The lowest BCUT2D eigenvalue weighted by atomic mass is 10.1. The average Bonchev–Trinajstić information content (AvgIpc) is 2.27. The van der Waals surface area contributed by atoms with Crippen LogP contribution < -0.4 is 5.32 Å². The van der Waals surface area contributed by atoms with Crippen molar-refractivity contribution in [1.29, 1.82) is 0 Å². The summed E-state index contributed by atoms with van der Waals surface area (Å²) < 4.78 is 4.64. The topological polar surface area (TPSA) is 58.6 Å². The zero-order chi connectivity index (χ0) is 12.6. The molecule has 0 spiro atoms. The minimum atomic E-state index is -0.350. The van der Waals surface area contributed by atoms with E-state index >= 15 is 0 Å². The largest absolute Gasteiger partial charge is 0.466 e. The molecule has 0 amide bonds. The summed E-state index contributed by atoms with van der Waals surface area (Å²) in [5.41, 5.74) is 0.661. The molecule has 0 bridgehead atoms. The van der Waals surface area contributed by atoms with E-state index in [0.29, 0.717) is 25.1 Å². The first kappa shape index (κ1) is 15.1. The van der Waals surface area contributed by atoms with Crippen molar-refractivity contribution >= 4 is 5.97 Å². The zero-order valence-electron chi connectivity index (χ0n) is 10.6. The van der Waals surface area contributed by atoms with E-state index < -0.39 is 0 Å². The van der Waals surface area contributed by atoms with E-state index in [4.69, 9.17) is 0 Å². The summed E-state index contributed by atoms with van der Waals surface area (Å²) in [5, 5.41) is 12.6. The molecule has 0 aliphatic carbocycles.